The number of carbonyl (C=O) groups excluding carboxylic acids is 2. The van der Waals surface area contributed by atoms with Gasteiger partial charge in [0.1, 0.15) is 5.75 Å². The molecule has 1 aromatic rings. The highest BCUT2D eigenvalue weighted by Crippen LogP contribution is 2.31. The second kappa shape index (κ2) is 6.38. The number of piperidine rings is 1. The van der Waals surface area contributed by atoms with Crippen molar-refractivity contribution in [2.75, 3.05) is 31.1 Å². The minimum atomic E-state index is -0.0847. The van der Waals surface area contributed by atoms with Gasteiger partial charge in [-0.15, -0.1) is 0 Å². The highest BCUT2D eigenvalue weighted by molar-refractivity contribution is 5.98. The van der Waals surface area contributed by atoms with Gasteiger partial charge in [-0.3, -0.25) is 9.59 Å². The molecule has 2 aliphatic heterocycles. The third-order valence-corrected chi connectivity index (χ3v) is 4.37. The van der Waals surface area contributed by atoms with Crippen molar-refractivity contribution >= 4 is 17.5 Å². The number of para-hydroxylation sites is 2. The van der Waals surface area contributed by atoms with Crippen molar-refractivity contribution in [3.63, 3.8) is 0 Å². The van der Waals surface area contributed by atoms with Crippen molar-refractivity contribution in [1.82, 2.24) is 4.90 Å². The number of fused-ring (bicyclic) bond motifs is 1. The van der Waals surface area contributed by atoms with Crippen LogP contribution in [0.15, 0.2) is 24.3 Å². The molecule has 2 aliphatic rings. The van der Waals surface area contributed by atoms with Crippen molar-refractivity contribution < 1.29 is 14.3 Å². The first-order valence-electron chi connectivity index (χ1n) is 7.95. The van der Waals surface area contributed by atoms with Gasteiger partial charge in [0.05, 0.1) is 5.69 Å². The van der Waals surface area contributed by atoms with Gasteiger partial charge in [-0.25, -0.2) is 0 Å². The molecule has 0 unspecified atom stereocenters. The molecule has 3 rings (SSSR count). The molecule has 5 nitrogen and oxygen atoms in total. The molecule has 2 amide bonds. The maximum atomic E-state index is 12.4. The molecule has 1 atom stereocenters. The Morgan fingerprint density at radius 1 is 1.36 bits per heavy atom. The number of benzene rings is 1. The van der Waals surface area contributed by atoms with Crippen LogP contribution in [-0.4, -0.2) is 43.0 Å². The molecule has 0 bridgehead atoms. The molecule has 1 saturated heterocycles. The first kappa shape index (κ1) is 14.9. The van der Waals surface area contributed by atoms with Crippen LogP contribution in [0.4, 0.5) is 5.69 Å². The lowest BCUT2D eigenvalue weighted by Crippen LogP contribution is -2.43. The van der Waals surface area contributed by atoms with Gasteiger partial charge in [0, 0.05) is 26.1 Å². The summed E-state index contributed by atoms with van der Waals surface area (Å²) in [5.74, 6) is 1.34. The third-order valence-electron chi connectivity index (χ3n) is 4.37. The van der Waals surface area contributed by atoms with Gasteiger partial charge in [0.25, 0.3) is 5.91 Å². The summed E-state index contributed by atoms with van der Waals surface area (Å²) in [5, 5.41) is 0. The second-order valence-corrected chi connectivity index (χ2v) is 6.14. The van der Waals surface area contributed by atoms with E-state index in [2.05, 4.69) is 6.92 Å². The molecule has 0 N–H and O–H groups in total. The number of hydrogen-bond acceptors (Lipinski definition) is 3. The number of likely N-dealkylation sites (tertiary alicyclic amines) is 1. The van der Waals surface area contributed by atoms with Crippen molar-refractivity contribution in [3.8, 4) is 5.75 Å². The maximum absolute atomic E-state index is 12.4. The zero-order chi connectivity index (χ0) is 15.5. The summed E-state index contributed by atoms with van der Waals surface area (Å²) in [6.07, 6.45) is 2.64. The fourth-order valence-corrected chi connectivity index (χ4v) is 3.18. The summed E-state index contributed by atoms with van der Waals surface area (Å²) in [6.45, 7) is 4.33. The van der Waals surface area contributed by atoms with E-state index in [1.807, 2.05) is 29.2 Å². The Bertz CT molecular complexity index is 573. The minimum absolute atomic E-state index is 0.0476. The largest absolute Gasteiger partial charge is 0.482 e. The Morgan fingerprint density at radius 2 is 2.18 bits per heavy atom. The van der Waals surface area contributed by atoms with Crippen LogP contribution in [-0.2, 0) is 9.59 Å². The molecule has 0 saturated carbocycles. The van der Waals surface area contributed by atoms with Crippen LogP contribution in [0.5, 0.6) is 5.75 Å². The summed E-state index contributed by atoms with van der Waals surface area (Å²) in [5.41, 5.74) is 0.763. The van der Waals surface area contributed by atoms with Crippen LogP contribution in [0.3, 0.4) is 0 Å². The fraction of sp³-hybridized carbons (Fsp3) is 0.529. The van der Waals surface area contributed by atoms with Crippen molar-refractivity contribution in [3.05, 3.63) is 24.3 Å². The Morgan fingerprint density at radius 3 is 3.00 bits per heavy atom. The standard InChI is InChI=1S/C17H22N2O3/c1-13-5-4-9-18(11-13)16(20)8-10-19-14-6-2-3-7-15(14)22-12-17(19)21/h2-3,6-7,13H,4-5,8-12H2,1H3/t13-/m1/s1. The topological polar surface area (TPSA) is 49.9 Å². The molecule has 0 aromatic heterocycles. The van der Waals surface area contributed by atoms with Crippen molar-refractivity contribution in [2.45, 2.75) is 26.2 Å². The van der Waals surface area contributed by atoms with Crippen molar-refractivity contribution in [2.24, 2.45) is 5.92 Å². The van der Waals surface area contributed by atoms with E-state index in [1.165, 1.54) is 6.42 Å². The van der Waals surface area contributed by atoms with E-state index in [0.29, 0.717) is 24.6 Å². The van der Waals surface area contributed by atoms with Crippen LogP contribution in [0, 0.1) is 5.92 Å². The molecule has 1 fully saturated rings. The smallest absolute Gasteiger partial charge is 0.265 e. The number of hydrogen-bond donors (Lipinski definition) is 0. The van der Waals surface area contributed by atoms with Gasteiger partial charge >= 0.3 is 0 Å². The highest BCUT2D eigenvalue weighted by atomic mass is 16.5. The van der Waals surface area contributed by atoms with Gasteiger partial charge in [-0.1, -0.05) is 19.1 Å². The van der Waals surface area contributed by atoms with Crippen LogP contribution in [0.25, 0.3) is 0 Å². The van der Waals surface area contributed by atoms with Crippen LogP contribution >= 0.6 is 0 Å². The Kier molecular flexibility index (Phi) is 4.32. The quantitative estimate of drug-likeness (QED) is 0.859. The van der Waals surface area contributed by atoms with E-state index in [-0.39, 0.29) is 18.4 Å². The Labute approximate surface area is 130 Å². The fourth-order valence-electron chi connectivity index (χ4n) is 3.18. The lowest BCUT2D eigenvalue weighted by Gasteiger charge is -2.33. The summed E-state index contributed by atoms with van der Waals surface area (Å²) >= 11 is 0. The Hall–Kier alpha value is -2.04. The number of amides is 2. The molecular weight excluding hydrogens is 280 g/mol. The second-order valence-electron chi connectivity index (χ2n) is 6.14. The first-order chi connectivity index (χ1) is 10.6. The minimum Gasteiger partial charge on any atom is -0.482 e. The van der Waals surface area contributed by atoms with Crippen molar-refractivity contribution in [1.29, 1.82) is 0 Å². The van der Waals surface area contributed by atoms with E-state index in [0.717, 1.165) is 25.2 Å². The number of rotatable bonds is 3. The van der Waals surface area contributed by atoms with Gasteiger partial charge in [-0.2, -0.15) is 0 Å². The monoisotopic (exact) mass is 302 g/mol. The number of ether oxygens (including phenoxy) is 1. The molecule has 0 aliphatic carbocycles. The van der Waals surface area contributed by atoms with Crippen LogP contribution in [0.1, 0.15) is 26.2 Å². The molecule has 0 spiro atoms. The predicted molar refractivity (Wildman–Crippen MR) is 83.9 cm³/mol. The summed E-state index contributed by atoms with van der Waals surface area (Å²) in [6, 6.07) is 7.47. The molecule has 22 heavy (non-hydrogen) atoms. The number of carbonyl (C=O) groups is 2. The first-order valence-corrected chi connectivity index (χ1v) is 7.95. The maximum Gasteiger partial charge on any atom is 0.265 e. The van der Waals surface area contributed by atoms with E-state index < -0.39 is 0 Å². The van der Waals surface area contributed by atoms with Gasteiger partial charge in [-0.05, 0) is 30.9 Å². The molecule has 5 heteroatoms. The molecular formula is C17H22N2O3. The zero-order valence-electron chi connectivity index (χ0n) is 13.0. The van der Waals surface area contributed by atoms with E-state index in [9.17, 15) is 9.59 Å². The third kappa shape index (κ3) is 3.08. The summed E-state index contributed by atoms with van der Waals surface area (Å²) < 4.78 is 5.42. The number of anilines is 1. The van der Waals surface area contributed by atoms with E-state index in [4.69, 9.17) is 4.74 Å². The lowest BCUT2D eigenvalue weighted by molar-refractivity contribution is -0.132. The molecule has 0 radical (unpaired) electrons. The van der Waals surface area contributed by atoms with Gasteiger partial charge < -0.3 is 14.5 Å². The van der Waals surface area contributed by atoms with Gasteiger partial charge in [0.15, 0.2) is 6.61 Å². The Balaban J connectivity index is 1.63. The lowest BCUT2D eigenvalue weighted by atomic mass is 10.00. The summed E-state index contributed by atoms with van der Waals surface area (Å²) in [4.78, 5) is 28.0. The average Bonchev–Trinajstić information content (AvgIpc) is 2.53. The van der Waals surface area contributed by atoms with Crippen LogP contribution < -0.4 is 9.64 Å². The zero-order valence-corrected chi connectivity index (χ0v) is 13.0. The summed E-state index contributed by atoms with van der Waals surface area (Å²) in [7, 11) is 0. The van der Waals surface area contributed by atoms with Gasteiger partial charge in [0.2, 0.25) is 5.91 Å². The van der Waals surface area contributed by atoms with E-state index >= 15 is 0 Å². The SMILES string of the molecule is C[C@@H]1CCCN(C(=O)CCN2C(=O)COc3ccccc32)C1. The molecule has 118 valence electrons. The van der Waals surface area contributed by atoms with E-state index in [1.54, 1.807) is 4.90 Å². The molecule has 2 heterocycles. The average molecular weight is 302 g/mol. The highest BCUT2D eigenvalue weighted by Gasteiger charge is 2.27. The number of nitrogens with zero attached hydrogens (tertiary/aromatic N) is 2. The van der Waals surface area contributed by atoms with Crippen LogP contribution in [0.2, 0.25) is 0 Å². The molecule has 1 aromatic carbocycles. The normalized spacial score (nSPS) is 21.3. The predicted octanol–water partition coefficient (Wildman–Crippen LogP) is 2.06.